The second-order valence-electron chi connectivity index (χ2n) is 4.29. The molecule has 0 saturated heterocycles. The predicted octanol–water partition coefficient (Wildman–Crippen LogP) is 4.03. The van der Waals surface area contributed by atoms with Crippen molar-refractivity contribution in [3.05, 3.63) is 50.9 Å². The Kier molecular flexibility index (Phi) is 4.63. The van der Waals surface area contributed by atoms with Gasteiger partial charge in [0.25, 0.3) is 0 Å². The van der Waals surface area contributed by atoms with E-state index in [9.17, 15) is 12.8 Å². The fraction of sp³-hybridized carbons (Fsp3) is 0.231. The molecule has 0 N–H and O–H groups in total. The van der Waals surface area contributed by atoms with E-state index in [4.69, 9.17) is 0 Å². The van der Waals surface area contributed by atoms with E-state index >= 15 is 0 Å². The van der Waals surface area contributed by atoms with Crippen molar-refractivity contribution < 1.29 is 12.8 Å². The molecule has 0 aliphatic rings. The van der Waals surface area contributed by atoms with Crippen LogP contribution in [0, 0.1) is 5.82 Å². The maximum Gasteiger partial charge on any atom is 0.243 e. The van der Waals surface area contributed by atoms with E-state index in [2.05, 4.69) is 15.9 Å². The number of thiophene rings is 1. The van der Waals surface area contributed by atoms with Crippen LogP contribution >= 0.6 is 27.3 Å². The zero-order chi connectivity index (χ0) is 14.9. The lowest BCUT2D eigenvalue weighted by atomic mass is 10.3. The van der Waals surface area contributed by atoms with Crippen molar-refractivity contribution in [1.82, 2.24) is 4.31 Å². The molecule has 108 valence electrons. The van der Waals surface area contributed by atoms with Gasteiger partial charge in [-0.05, 0) is 52.5 Å². The number of hydrogen-bond acceptors (Lipinski definition) is 3. The number of rotatable bonds is 4. The minimum absolute atomic E-state index is 0.0518. The van der Waals surface area contributed by atoms with Crippen LogP contribution in [-0.4, -0.2) is 19.8 Å². The van der Waals surface area contributed by atoms with Crippen LogP contribution in [0.3, 0.4) is 0 Å². The zero-order valence-corrected chi connectivity index (χ0v) is 14.1. The van der Waals surface area contributed by atoms with E-state index in [1.165, 1.54) is 34.8 Å². The Morgan fingerprint density at radius 2 is 2.05 bits per heavy atom. The van der Waals surface area contributed by atoms with E-state index < -0.39 is 15.8 Å². The molecule has 0 bridgehead atoms. The summed E-state index contributed by atoms with van der Waals surface area (Å²) < 4.78 is 40.0. The largest absolute Gasteiger partial charge is 0.243 e. The van der Waals surface area contributed by atoms with Crippen molar-refractivity contribution in [2.75, 3.05) is 7.05 Å². The lowest BCUT2D eigenvalue weighted by Crippen LogP contribution is -2.29. The molecule has 2 aromatic rings. The summed E-state index contributed by atoms with van der Waals surface area (Å²) in [5.41, 5.74) is 0. The van der Waals surface area contributed by atoms with Crippen molar-refractivity contribution >= 4 is 37.3 Å². The van der Waals surface area contributed by atoms with Crippen LogP contribution in [0.25, 0.3) is 0 Å². The standard InChI is InChI=1S/C13H13BrFNO2S2/c1-9(13-4-3-7-19-13)16(2)20(17,18)10-5-6-11(14)12(15)8-10/h3-9H,1-2H3. The van der Waals surface area contributed by atoms with Crippen molar-refractivity contribution in [3.8, 4) is 0 Å². The summed E-state index contributed by atoms with van der Waals surface area (Å²) in [5, 5.41) is 1.89. The minimum atomic E-state index is -3.72. The first kappa shape index (κ1) is 15.6. The van der Waals surface area contributed by atoms with Crippen molar-refractivity contribution in [2.24, 2.45) is 0 Å². The fourth-order valence-corrected chi connectivity index (χ4v) is 4.21. The molecule has 0 spiro atoms. The smallest absolute Gasteiger partial charge is 0.207 e. The van der Waals surface area contributed by atoms with Crippen molar-refractivity contribution in [1.29, 1.82) is 0 Å². The highest BCUT2D eigenvalue weighted by Crippen LogP contribution is 2.29. The average Bonchev–Trinajstić information content (AvgIpc) is 2.94. The average molecular weight is 378 g/mol. The highest BCUT2D eigenvalue weighted by Gasteiger charge is 2.27. The van der Waals surface area contributed by atoms with Crippen LogP contribution in [0.4, 0.5) is 4.39 Å². The third-order valence-electron chi connectivity index (χ3n) is 3.07. The molecule has 3 nitrogen and oxygen atoms in total. The van der Waals surface area contributed by atoms with E-state index in [-0.39, 0.29) is 15.4 Å². The quantitative estimate of drug-likeness (QED) is 0.806. The molecular weight excluding hydrogens is 365 g/mol. The number of benzene rings is 1. The number of halogens is 2. The molecule has 1 aromatic carbocycles. The Hall–Kier alpha value is -0.760. The fourth-order valence-electron chi connectivity index (χ4n) is 1.72. The maximum atomic E-state index is 13.5. The first-order valence-electron chi connectivity index (χ1n) is 5.80. The summed E-state index contributed by atoms with van der Waals surface area (Å²) in [6.07, 6.45) is 0. The summed E-state index contributed by atoms with van der Waals surface area (Å²) in [6.45, 7) is 1.80. The number of nitrogens with zero attached hydrogens (tertiary/aromatic N) is 1. The summed E-state index contributed by atoms with van der Waals surface area (Å²) in [4.78, 5) is 0.887. The number of sulfonamides is 1. The maximum absolute atomic E-state index is 13.5. The van der Waals surface area contributed by atoms with E-state index in [0.717, 1.165) is 10.9 Å². The summed E-state index contributed by atoms with van der Waals surface area (Å²) in [6, 6.07) is 7.26. The molecule has 1 heterocycles. The Balaban J connectivity index is 2.36. The van der Waals surface area contributed by atoms with Gasteiger partial charge in [-0.25, -0.2) is 12.8 Å². The van der Waals surface area contributed by atoms with Gasteiger partial charge in [0.2, 0.25) is 10.0 Å². The predicted molar refractivity (Wildman–Crippen MR) is 81.8 cm³/mol. The van der Waals surface area contributed by atoms with Crippen LogP contribution in [0.15, 0.2) is 45.1 Å². The van der Waals surface area contributed by atoms with Crippen molar-refractivity contribution in [2.45, 2.75) is 17.9 Å². The lowest BCUT2D eigenvalue weighted by molar-refractivity contribution is 0.402. The molecule has 1 unspecified atom stereocenters. The van der Waals surface area contributed by atoms with Gasteiger partial charge in [-0.15, -0.1) is 11.3 Å². The van der Waals surface area contributed by atoms with E-state index in [1.54, 1.807) is 6.92 Å². The molecule has 0 aliphatic heterocycles. The van der Waals surface area contributed by atoms with Gasteiger partial charge >= 0.3 is 0 Å². The Morgan fingerprint density at radius 1 is 1.35 bits per heavy atom. The molecule has 1 atom stereocenters. The van der Waals surface area contributed by atoms with Gasteiger partial charge < -0.3 is 0 Å². The Bertz CT molecular complexity index is 701. The van der Waals surface area contributed by atoms with Gasteiger partial charge in [-0.1, -0.05) is 6.07 Å². The second-order valence-corrected chi connectivity index (χ2v) is 8.12. The van der Waals surface area contributed by atoms with Gasteiger partial charge in [-0.2, -0.15) is 4.31 Å². The van der Waals surface area contributed by atoms with Gasteiger partial charge in [0.1, 0.15) is 5.82 Å². The first-order chi connectivity index (χ1) is 9.34. The molecular formula is C13H13BrFNO2S2. The highest BCUT2D eigenvalue weighted by atomic mass is 79.9. The molecule has 20 heavy (non-hydrogen) atoms. The van der Waals surface area contributed by atoms with Crippen LogP contribution in [0.1, 0.15) is 17.8 Å². The van der Waals surface area contributed by atoms with E-state index in [0.29, 0.717) is 0 Å². The molecule has 0 amide bonds. The number of hydrogen-bond donors (Lipinski definition) is 0. The van der Waals surface area contributed by atoms with Crippen LogP contribution in [0.2, 0.25) is 0 Å². The lowest BCUT2D eigenvalue weighted by Gasteiger charge is -2.23. The Morgan fingerprint density at radius 3 is 2.60 bits per heavy atom. The zero-order valence-electron chi connectivity index (χ0n) is 10.9. The summed E-state index contributed by atoms with van der Waals surface area (Å²) >= 11 is 4.50. The highest BCUT2D eigenvalue weighted by molar-refractivity contribution is 9.10. The SMILES string of the molecule is CC(c1cccs1)N(C)S(=O)(=O)c1ccc(Br)c(F)c1. The molecule has 0 aliphatic carbocycles. The second kappa shape index (κ2) is 5.93. The Labute approximate surface area is 130 Å². The third kappa shape index (κ3) is 2.95. The molecule has 0 fully saturated rings. The molecule has 0 radical (unpaired) electrons. The normalized spacial score (nSPS) is 13.7. The molecule has 1 aromatic heterocycles. The monoisotopic (exact) mass is 377 g/mol. The van der Waals surface area contributed by atoms with Gasteiger partial charge in [0.05, 0.1) is 15.4 Å². The van der Waals surface area contributed by atoms with Gasteiger partial charge in [0, 0.05) is 11.9 Å². The van der Waals surface area contributed by atoms with Crippen molar-refractivity contribution in [3.63, 3.8) is 0 Å². The molecule has 0 saturated carbocycles. The first-order valence-corrected chi connectivity index (χ1v) is 8.92. The topological polar surface area (TPSA) is 37.4 Å². The summed E-state index contributed by atoms with van der Waals surface area (Å²) in [5.74, 6) is -0.594. The van der Waals surface area contributed by atoms with Gasteiger partial charge in [0.15, 0.2) is 0 Å². The molecule has 7 heteroatoms. The molecule has 2 rings (SSSR count). The van der Waals surface area contributed by atoms with Gasteiger partial charge in [-0.3, -0.25) is 0 Å². The van der Waals surface area contributed by atoms with Crippen LogP contribution < -0.4 is 0 Å². The summed E-state index contributed by atoms with van der Waals surface area (Å²) in [7, 11) is -2.22. The minimum Gasteiger partial charge on any atom is -0.207 e. The third-order valence-corrected chi connectivity index (χ3v) is 6.68. The van der Waals surface area contributed by atoms with Crippen LogP contribution in [0.5, 0.6) is 0 Å². The van der Waals surface area contributed by atoms with E-state index in [1.807, 2.05) is 17.5 Å². The van der Waals surface area contributed by atoms with Crippen LogP contribution in [-0.2, 0) is 10.0 Å².